The lowest BCUT2D eigenvalue weighted by atomic mass is 10.3. The monoisotopic (exact) mass is 292 g/mol. The molecule has 20 heavy (non-hydrogen) atoms. The van der Waals surface area contributed by atoms with Crippen LogP contribution >= 0.6 is 0 Å². The van der Waals surface area contributed by atoms with E-state index in [1.807, 2.05) is 6.07 Å². The van der Waals surface area contributed by atoms with E-state index >= 15 is 0 Å². The fraction of sp³-hybridized carbons (Fsp3) is 0.438. The van der Waals surface area contributed by atoms with E-state index in [-0.39, 0.29) is 5.97 Å². The summed E-state index contributed by atoms with van der Waals surface area (Å²) >= 11 is 0. The fourth-order valence-corrected chi connectivity index (χ4v) is 4.14. The van der Waals surface area contributed by atoms with Gasteiger partial charge in [-0.2, -0.15) is 0 Å². The molecule has 1 aromatic carbocycles. The Bertz CT molecular complexity index is 417. The average Bonchev–Trinajstić information content (AvgIpc) is 2.47. The Kier molecular flexibility index (Phi) is 7.91. The van der Waals surface area contributed by atoms with Crippen LogP contribution in [-0.2, 0) is 14.0 Å². The lowest BCUT2D eigenvalue weighted by Gasteiger charge is -2.13. The van der Waals surface area contributed by atoms with E-state index in [0.29, 0.717) is 12.2 Å². The lowest BCUT2D eigenvalue weighted by molar-refractivity contribution is -0.139. The van der Waals surface area contributed by atoms with Gasteiger partial charge in [0.1, 0.15) is 0 Å². The number of carbonyl (C=O) groups excluding carboxylic acids is 1. The SMILES string of the molecule is C=C(C)C(=O)OCCCCC[SiH](OC)c1ccccc1. The second kappa shape index (κ2) is 9.50. The molecule has 0 aliphatic carbocycles. The van der Waals surface area contributed by atoms with Gasteiger partial charge in [0.05, 0.1) is 6.61 Å². The van der Waals surface area contributed by atoms with Crippen LogP contribution in [0.25, 0.3) is 0 Å². The van der Waals surface area contributed by atoms with Crippen molar-refractivity contribution in [3.63, 3.8) is 0 Å². The van der Waals surface area contributed by atoms with Crippen molar-refractivity contribution < 1.29 is 14.0 Å². The third kappa shape index (κ3) is 6.17. The number of hydrogen-bond donors (Lipinski definition) is 0. The molecular weight excluding hydrogens is 268 g/mol. The highest BCUT2D eigenvalue weighted by Gasteiger charge is 2.12. The first-order valence-electron chi connectivity index (χ1n) is 7.05. The Balaban J connectivity index is 2.17. The summed E-state index contributed by atoms with van der Waals surface area (Å²) in [5.41, 5.74) is 0.459. The van der Waals surface area contributed by atoms with Gasteiger partial charge in [-0.25, -0.2) is 4.79 Å². The van der Waals surface area contributed by atoms with E-state index in [0.717, 1.165) is 25.3 Å². The first-order valence-corrected chi connectivity index (χ1v) is 8.92. The molecule has 1 rings (SSSR count). The van der Waals surface area contributed by atoms with E-state index in [4.69, 9.17) is 9.16 Å². The van der Waals surface area contributed by atoms with Gasteiger partial charge in [-0.1, -0.05) is 49.8 Å². The normalized spacial score (nSPS) is 11.9. The zero-order valence-electron chi connectivity index (χ0n) is 12.4. The molecule has 0 saturated carbocycles. The summed E-state index contributed by atoms with van der Waals surface area (Å²) in [4.78, 5) is 11.2. The number of carbonyl (C=O) groups is 1. The van der Waals surface area contributed by atoms with Crippen molar-refractivity contribution in [1.82, 2.24) is 0 Å². The molecule has 0 N–H and O–H groups in total. The topological polar surface area (TPSA) is 35.5 Å². The zero-order chi connectivity index (χ0) is 14.8. The largest absolute Gasteiger partial charge is 0.462 e. The van der Waals surface area contributed by atoms with Gasteiger partial charge < -0.3 is 9.16 Å². The highest BCUT2D eigenvalue weighted by Crippen LogP contribution is 2.06. The van der Waals surface area contributed by atoms with E-state index in [2.05, 4.69) is 30.8 Å². The van der Waals surface area contributed by atoms with Gasteiger partial charge in [-0.3, -0.25) is 0 Å². The standard InChI is InChI=1S/C16H24O3Si/c1-14(2)16(17)19-12-8-5-9-13-20(18-3)15-10-6-4-7-11-15/h4,6-7,10-11,20H,1,5,8-9,12-13H2,2-3H3. The predicted molar refractivity (Wildman–Crippen MR) is 84.7 cm³/mol. The number of unbranched alkanes of at least 4 members (excludes halogenated alkanes) is 2. The maximum Gasteiger partial charge on any atom is 0.333 e. The van der Waals surface area contributed by atoms with E-state index in [1.165, 1.54) is 5.19 Å². The molecule has 0 aliphatic rings. The highest BCUT2D eigenvalue weighted by atomic mass is 28.3. The van der Waals surface area contributed by atoms with Crippen LogP contribution in [-0.4, -0.2) is 28.7 Å². The van der Waals surface area contributed by atoms with Crippen molar-refractivity contribution >= 4 is 20.2 Å². The molecule has 0 heterocycles. The van der Waals surface area contributed by atoms with Crippen molar-refractivity contribution in [3.8, 4) is 0 Å². The molecule has 0 radical (unpaired) electrons. The quantitative estimate of drug-likeness (QED) is 0.304. The molecule has 1 aromatic rings. The van der Waals surface area contributed by atoms with Crippen LogP contribution in [0.1, 0.15) is 26.2 Å². The predicted octanol–water partition coefficient (Wildman–Crippen LogP) is 2.55. The Morgan fingerprint density at radius 1 is 1.20 bits per heavy atom. The second-order valence-corrected chi connectivity index (χ2v) is 7.59. The molecule has 0 bridgehead atoms. The minimum Gasteiger partial charge on any atom is -0.462 e. The summed E-state index contributed by atoms with van der Waals surface area (Å²) in [6.45, 7) is 5.70. The van der Waals surface area contributed by atoms with Crippen molar-refractivity contribution in [3.05, 3.63) is 42.5 Å². The van der Waals surface area contributed by atoms with Gasteiger partial charge in [0.15, 0.2) is 0 Å². The fourth-order valence-electron chi connectivity index (χ4n) is 1.98. The molecule has 110 valence electrons. The van der Waals surface area contributed by atoms with Crippen LogP contribution < -0.4 is 5.19 Å². The first-order chi connectivity index (χ1) is 9.65. The Hall–Kier alpha value is -1.39. The highest BCUT2D eigenvalue weighted by molar-refractivity contribution is 6.67. The van der Waals surface area contributed by atoms with E-state index < -0.39 is 9.04 Å². The summed E-state index contributed by atoms with van der Waals surface area (Å²) < 4.78 is 10.7. The molecule has 1 unspecified atom stereocenters. The summed E-state index contributed by atoms with van der Waals surface area (Å²) in [6, 6.07) is 11.6. The minimum absolute atomic E-state index is 0.293. The van der Waals surface area contributed by atoms with Crippen LogP contribution in [0.3, 0.4) is 0 Å². The zero-order valence-corrected chi connectivity index (χ0v) is 13.6. The van der Waals surface area contributed by atoms with Crippen LogP contribution in [0.2, 0.25) is 6.04 Å². The third-order valence-electron chi connectivity index (χ3n) is 3.15. The number of hydrogen-bond acceptors (Lipinski definition) is 3. The van der Waals surface area contributed by atoms with Crippen molar-refractivity contribution in [2.75, 3.05) is 13.7 Å². The molecular formula is C16H24O3Si. The molecule has 0 spiro atoms. The molecule has 0 saturated heterocycles. The molecule has 0 amide bonds. The summed E-state index contributed by atoms with van der Waals surface area (Å²) in [5, 5.41) is 1.35. The maximum absolute atomic E-state index is 11.2. The van der Waals surface area contributed by atoms with Crippen LogP contribution in [0.15, 0.2) is 42.5 Å². The number of ether oxygens (including phenoxy) is 1. The first kappa shape index (κ1) is 16.7. The van der Waals surface area contributed by atoms with E-state index in [9.17, 15) is 4.79 Å². The number of rotatable bonds is 9. The maximum atomic E-state index is 11.2. The van der Waals surface area contributed by atoms with Crippen LogP contribution in [0.5, 0.6) is 0 Å². The van der Waals surface area contributed by atoms with Gasteiger partial charge in [-0.05, 0) is 24.6 Å². The second-order valence-electron chi connectivity index (χ2n) is 4.90. The number of benzene rings is 1. The van der Waals surface area contributed by atoms with E-state index in [1.54, 1.807) is 14.0 Å². The summed E-state index contributed by atoms with van der Waals surface area (Å²) in [7, 11) is 0.523. The van der Waals surface area contributed by atoms with Crippen LogP contribution in [0.4, 0.5) is 0 Å². The van der Waals surface area contributed by atoms with Gasteiger partial charge in [0.2, 0.25) is 9.04 Å². The van der Waals surface area contributed by atoms with Crippen molar-refractivity contribution in [2.24, 2.45) is 0 Å². The summed E-state index contributed by atoms with van der Waals surface area (Å²) in [5.74, 6) is -0.293. The molecule has 1 atom stereocenters. The van der Waals surface area contributed by atoms with Gasteiger partial charge in [-0.15, -0.1) is 0 Å². The Morgan fingerprint density at radius 3 is 2.50 bits per heavy atom. The third-order valence-corrected chi connectivity index (χ3v) is 5.78. The van der Waals surface area contributed by atoms with Crippen molar-refractivity contribution in [2.45, 2.75) is 32.2 Å². The Morgan fingerprint density at radius 2 is 1.90 bits per heavy atom. The number of esters is 1. The molecule has 0 aromatic heterocycles. The van der Waals surface area contributed by atoms with Gasteiger partial charge in [0.25, 0.3) is 0 Å². The molecule has 3 nitrogen and oxygen atoms in total. The molecule has 4 heteroatoms. The van der Waals surface area contributed by atoms with Crippen LogP contribution in [0, 0.1) is 0 Å². The van der Waals surface area contributed by atoms with Gasteiger partial charge in [0, 0.05) is 12.7 Å². The Labute approximate surface area is 123 Å². The molecule has 0 fully saturated rings. The average molecular weight is 292 g/mol. The molecule has 0 aliphatic heterocycles. The van der Waals surface area contributed by atoms with Crippen molar-refractivity contribution in [1.29, 1.82) is 0 Å². The smallest absolute Gasteiger partial charge is 0.333 e. The van der Waals surface area contributed by atoms with Gasteiger partial charge >= 0.3 is 5.97 Å². The lowest BCUT2D eigenvalue weighted by Crippen LogP contribution is -2.31. The summed E-state index contributed by atoms with van der Waals surface area (Å²) in [6.07, 6.45) is 3.08. The minimum atomic E-state index is -1.28.